The van der Waals surface area contributed by atoms with Gasteiger partial charge in [0.25, 0.3) is 0 Å². The minimum Gasteiger partial charge on any atom is -0.340 e. The minimum absolute atomic E-state index is 0.0860. The maximum Gasteiger partial charge on any atom is 0.223 e. The summed E-state index contributed by atoms with van der Waals surface area (Å²) in [6.07, 6.45) is 1.10. The first kappa shape index (κ1) is 10.3. The third kappa shape index (κ3) is 1.18. The van der Waals surface area contributed by atoms with E-state index in [0.717, 1.165) is 25.3 Å². The zero-order valence-electron chi connectivity index (χ0n) is 10.3. The molecule has 2 unspecified atom stereocenters. The summed E-state index contributed by atoms with van der Waals surface area (Å²) >= 11 is 0. The van der Waals surface area contributed by atoms with Crippen LogP contribution < -0.4 is 5.32 Å². The molecule has 2 bridgehead atoms. The molecule has 1 aromatic carbocycles. The molecule has 1 aliphatic carbocycles. The standard InChI is InChI=1S/C14H15N3O/c1-9-16-13(17-18-9)14-6-10(7-15-8-14)11-4-2-3-5-12(11)14/h2-5,10,15H,6-8H2,1H3. The molecule has 0 radical (unpaired) electrons. The van der Waals surface area contributed by atoms with Crippen LogP contribution in [0.1, 0.15) is 35.2 Å². The van der Waals surface area contributed by atoms with E-state index in [1.165, 1.54) is 11.1 Å². The largest absolute Gasteiger partial charge is 0.340 e. The summed E-state index contributed by atoms with van der Waals surface area (Å²) in [4.78, 5) is 4.49. The molecule has 92 valence electrons. The van der Waals surface area contributed by atoms with Crippen molar-refractivity contribution in [1.82, 2.24) is 15.5 Å². The van der Waals surface area contributed by atoms with Gasteiger partial charge in [0.15, 0.2) is 5.82 Å². The fourth-order valence-corrected chi connectivity index (χ4v) is 3.52. The Kier molecular flexibility index (Phi) is 1.95. The van der Waals surface area contributed by atoms with Crippen LogP contribution in [0.25, 0.3) is 0 Å². The lowest BCUT2D eigenvalue weighted by atomic mass is 9.78. The lowest BCUT2D eigenvalue weighted by molar-refractivity contribution is 0.329. The van der Waals surface area contributed by atoms with Gasteiger partial charge in [-0.3, -0.25) is 0 Å². The molecule has 2 aliphatic rings. The quantitative estimate of drug-likeness (QED) is 0.826. The van der Waals surface area contributed by atoms with Gasteiger partial charge in [0.2, 0.25) is 5.89 Å². The molecule has 2 heterocycles. The van der Waals surface area contributed by atoms with Gasteiger partial charge < -0.3 is 9.84 Å². The number of fused-ring (bicyclic) bond motifs is 5. The van der Waals surface area contributed by atoms with Crippen molar-refractivity contribution in [3.8, 4) is 0 Å². The summed E-state index contributed by atoms with van der Waals surface area (Å²) in [6, 6.07) is 8.68. The molecule has 4 heteroatoms. The molecule has 0 amide bonds. The van der Waals surface area contributed by atoms with Crippen LogP contribution in [0.5, 0.6) is 0 Å². The highest BCUT2D eigenvalue weighted by atomic mass is 16.5. The second-order valence-corrected chi connectivity index (χ2v) is 5.34. The number of aryl methyl sites for hydroxylation is 1. The normalized spacial score (nSPS) is 29.3. The van der Waals surface area contributed by atoms with E-state index < -0.39 is 0 Å². The van der Waals surface area contributed by atoms with E-state index in [1.54, 1.807) is 0 Å². The van der Waals surface area contributed by atoms with Crippen LogP contribution in [-0.2, 0) is 5.41 Å². The fourth-order valence-electron chi connectivity index (χ4n) is 3.52. The molecule has 1 saturated heterocycles. The molecule has 2 atom stereocenters. The molecular formula is C14H15N3O. The molecular weight excluding hydrogens is 226 g/mol. The summed E-state index contributed by atoms with van der Waals surface area (Å²) in [7, 11) is 0. The Hall–Kier alpha value is -1.68. The average molecular weight is 241 g/mol. The van der Waals surface area contributed by atoms with E-state index in [-0.39, 0.29) is 5.41 Å². The van der Waals surface area contributed by atoms with Crippen molar-refractivity contribution in [3.05, 3.63) is 47.1 Å². The van der Waals surface area contributed by atoms with Crippen LogP contribution in [0.3, 0.4) is 0 Å². The molecule has 0 saturated carbocycles. The molecule has 2 aromatic rings. The van der Waals surface area contributed by atoms with Crippen LogP contribution in [0, 0.1) is 6.92 Å². The number of nitrogens with zero attached hydrogens (tertiary/aromatic N) is 2. The predicted octanol–water partition coefficient (Wildman–Crippen LogP) is 1.75. The van der Waals surface area contributed by atoms with Gasteiger partial charge in [0.05, 0.1) is 5.41 Å². The molecule has 1 fully saturated rings. The Bertz CT molecular complexity index is 607. The summed E-state index contributed by atoms with van der Waals surface area (Å²) in [5.41, 5.74) is 2.74. The van der Waals surface area contributed by atoms with Gasteiger partial charge in [-0.15, -0.1) is 0 Å². The monoisotopic (exact) mass is 241 g/mol. The van der Waals surface area contributed by atoms with Crippen LogP contribution >= 0.6 is 0 Å². The number of benzene rings is 1. The highest BCUT2D eigenvalue weighted by molar-refractivity contribution is 5.48. The zero-order chi connectivity index (χ0) is 12.2. The summed E-state index contributed by atoms with van der Waals surface area (Å²) in [6.45, 7) is 3.80. The van der Waals surface area contributed by atoms with Gasteiger partial charge in [-0.1, -0.05) is 29.4 Å². The van der Waals surface area contributed by atoms with Gasteiger partial charge in [0, 0.05) is 20.0 Å². The highest BCUT2D eigenvalue weighted by Gasteiger charge is 2.50. The van der Waals surface area contributed by atoms with Crippen molar-refractivity contribution in [3.63, 3.8) is 0 Å². The maximum atomic E-state index is 5.19. The van der Waals surface area contributed by atoms with Crippen LogP contribution in [-0.4, -0.2) is 23.2 Å². The van der Waals surface area contributed by atoms with Gasteiger partial charge in [-0.25, -0.2) is 0 Å². The van der Waals surface area contributed by atoms with Crippen molar-refractivity contribution < 1.29 is 4.52 Å². The third-order valence-electron chi connectivity index (χ3n) is 4.28. The topological polar surface area (TPSA) is 51.0 Å². The smallest absolute Gasteiger partial charge is 0.223 e. The maximum absolute atomic E-state index is 5.19. The average Bonchev–Trinajstić information content (AvgIpc) is 2.93. The highest BCUT2D eigenvalue weighted by Crippen LogP contribution is 2.50. The third-order valence-corrected chi connectivity index (χ3v) is 4.28. The van der Waals surface area contributed by atoms with Gasteiger partial charge in [0.1, 0.15) is 0 Å². The molecule has 4 nitrogen and oxygen atoms in total. The first-order chi connectivity index (χ1) is 8.79. The van der Waals surface area contributed by atoms with E-state index in [2.05, 4.69) is 39.7 Å². The van der Waals surface area contributed by atoms with E-state index in [9.17, 15) is 0 Å². The second kappa shape index (κ2) is 3.42. The Labute approximate surface area is 105 Å². The lowest BCUT2D eigenvalue weighted by Gasteiger charge is -2.31. The zero-order valence-corrected chi connectivity index (χ0v) is 10.3. The van der Waals surface area contributed by atoms with Crippen molar-refractivity contribution in [2.45, 2.75) is 24.7 Å². The molecule has 0 spiro atoms. The number of aromatic nitrogens is 2. The predicted molar refractivity (Wildman–Crippen MR) is 66.5 cm³/mol. The van der Waals surface area contributed by atoms with Crippen molar-refractivity contribution in [1.29, 1.82) is 0 Å². The van der Waals surface area contributed by atoms with Crippen LogP contribution in [0.2, 0.25) is 0 Å². The Morgan fingerprint density at radius 1 is 1.39 bits per heavy atom. The summed E-state index contributed by atoms with van der Waals surface area (Å²) in [5.74, 6) is 2.06. The first-order valence-electron chi connectivity index (χ1n) is 6.40. The fraction of sp³-hybridized carbons (Fsp3) is 0.429. The Balaban J connectivity index is 1.95. The molecule has 1 aliphatic heterocycles. The van der Waals surface area contributed by atoms with Crippen molar-refractivity contribution >= 4 is 0 Å². The molecule has 18 heavy (non-hydrogen) atoms. The van der Waals surface area contributed by atoms with Gasteiger partial charge >= 0.3 is 0 Å². The number of rotatable bonds is 1. The molecule has 1 N–H and O–H groups in total. The van der Waals surface area contributed by atoms with Gasteiger partial charge in [-0.2, -0.15) is 4.98 Å². The van der Waals surface area contributed by atoms with E-state index in [1.807, 2.05) is 6.92 Å². The van der Waals surface area contributed by atoms with Crippen molar-refractivity contribution in [2.24, 2.45) is 0 Å². The number of nitrogens with one attached hydrogen (secondary N) is 1. The molecule has 4 rings (SSSR count). The van der Waals surface area contributed by atoms with E-state index in [0.29, 0.717) is 11.8 Å². The lowest BCUT2D eigenvalue weighted by Crippen LogP contribution is -2.43. The van der Waals surface area contributed by atoms with Crippen LogP contribution in [0.15, 0.2) is 28.8 Å². The second-order valence-electron chi connectivity index (χ2n) is 5.34. The SMILES string of the molecule is Cc1nc(C23CNCC(C2)c2ccccc23)no1. The van der Waals surface area contributed by atoms with Gasteiger partial charge in [-0.05, 0) is 23.5 Å². The summed E-state index contributed by atoms with van der Waals surface area (Å²) < 4.78 is 5.19. The summed E-state index contributed by atoms with van der Waals surface area (Å²) in [5, 5.41) is 7.70. The Morgan fingerprint density at radius 2 is 2.28 bits per heavy atom. The van der Waals surface area contributed by atoms with E-state index >= 15 is 0 Å². The number of piperidine rings is 1. The first-order valence-corrected chi connectivity index (χ1v) is 6.40. The Morgan fingerprint density at radius 3 is 3.11 bits per heavy atom. The number of hydrogen-bond donors (Lipinski definition) is 1. The molecule has 1 aromatic heterocycles. The van der Waals surface area contributed by atoms with Crippen LogP contribution in [0.4, 0.5) is 0 Å². The van der Waals surface area contributed by atoms with Crippen molar-refractivity contribution in [2.75, 3.05) is 13.1 Å². The van der Waals surface area contributed by atoms with E-state index in [4.69, 9.17) is 4.52 Å². The number of hydrogen-bond acceptors (Lipinski definition) is 4. The minimum atomic E-state index is -0.0860.